The van der Waals surface area contributed by atoms with E-state index in [0.29, 0.717) is 12.2 Å². The molecule has 0 bridgehead atoms. The summed E-state index contributed by atoms with van der Waals surface area (Å²) in [5.41, 5.74) is 1.34. The molecule has 0 N–H and O–H groups in total. The van der Waals surface area contributed by atoms with Crippen molar-refractivity contribution in [2.24, 2.45) is 0 Å². The predicted octanol–water partition coefficient (Wildman–Crippen LogP) is 2.56. The molecule has 3 rings (SSSR count). The summed E-state index contributed by atoms with van der Waals surface area (Å²) in [4.78, 5) is 24.4. The first kappa shape index (κ1) is 20.3. The van der Waals surface area contributed by atoms with Crippen molar-refractivity contribution in [2.75, 3.05) is 27.3 Å². The lowest BCUT2D eigenvalue weighted by Gasteiger charge is -2.13. The Balaban J connectivity index is 1.72. The Labute approximate surface area is 167 Å². The van der Waals surface area contributed by atoms with Gasteiger partial charge in [-0.25, -0.2) is 17.5 Å². The molecule has 0 radical (unpaired) electrons. The van der Waals surface area contributed by atoms with Crippen molar-refractivity contribution < 1.29 is 27.5 Å². The lowest BCUT2D eigenvalue weighted by Crippen LogP contribution is -2.23. The van der Waals surface area contributed by atoms with Gasteiger partial charge in [-0.3, -0.25) is 4.79 Å². The molecule has 0 amide bonds. The molecule has 0 spiro atoms. The van der Waals surface area contributed by atoms with Gasteiger partial charge in [-0.15, -0.1) is 0 Å². The molecular weight excluding hydrogens is 406 g/mol. The number of carbonyl (C=O) groups excluding carboxylic acids is 2. The van der Waals surface area contributed by atoms with Gasteiger partial charge in [0.05, 0.1) is 17.2 Å². The van der Waals surface area contributed by atoms with Crippen molar-refractivity contribution in [1.29, 1.82) is 0 Å². The highest BCUT2D eigenvalue weighted by molar-refractivity contribution is 7.89. The molecule has 1 heterocycles. The van der Waals surface area contributed by atoms with Crippen LogP contribution in [0.2, 0.25) is 5.02 Å². The fraction of sp³-hybridized carbons (Fsp3) is 0.263. The van der Waals surface area contributed by atoms with Crippen molar-refractivity contribution in [3.63, 3.8) is 0 Å². The van der Waals surface area contributed by atoms with Crippen LogP contribution >= 0.6 is 11.6 Å². The Morgan fingerprint density at radius 2 is 1.86 bits per heavy atom. The number of halogens is 1. The van der Waals surface area contributed by atoms with Gasteiger partial charge in [0.1, 0.15) is 10.6 Å². The Morgan fingerprint density at radius 3 is 2.57 bits per heavy atom. The van der Waals surface area contributed by atoms with E-state index in [2.05, 4.69) is 0 Å². The average molecular weight is 424 g/mol. The van der Waals surface area contributed by atoms with Crippen molar-refractivity contribution in [3.05, 3.63) is 58.1 Å². The monoisotopic (exact) mass is 423 g/mol. The van der Waals surface area contributed by atoms with Crippen LogP contribution in [0.3, 0.4) is 0 Å². The first-order chi connectivity index (χ1) is 13.2. The lowest BCUT2D eigenvalue weighted by molar-refractivity contribution is 0.0474. The number of carbonyl (C=O) groups is 2. The van der Waals surface area contributed by atoms with Gasteiger partial charge in [-0.2, -0.15) is 0 Å². The van der Waals surface area contributed by atoms with Crippen molar-refractivity contribution in [3.8, 4) is 5.75 Å². The third kappa shape index (κ3) is 4.04. The van der Waals surface area contributed by atoms with Crippen LogP contribution in [0.4, 0.5) is 0 Å². The largest absolute Gasteiger partial charge is 0.493 e. The number of rotatable bonds is 6. The number of hydrogen-bond acceptors (Lipinski definition) is 6. The maximum Gasteiger partial charge on any atom is 0.338 e. The molecule has 0 aliphatic carbocycles. The summed E-state index contributed by atoms with van der Waals surface area (Å²) in [7, 11) is -1.11. The van der Waals surface area contributed by atoms with E-state index in [9.17, 15) is 18.0 Å². The molecule has 0 saturated carbocycles. The Morgan fingerprint density at radius 1 is 1.14 bits per heavy atom. The second kappa shape index (κ2) is 7.90. The van der Waals surface area contributed by atoms with Crippen LogP contribution in [0.15, 0.2) is 41.3 Å². The van der Waals surface area contributed by atoms with Crippen LogP contribution in [0.5, 0.6) is 5.75 Å². The van der Waals surface area contributed by atoms with Crippen LogP contribution in [0.25, 0.3) is 0 Å². The molecule has 0 atom stereocenters. The number of esters is 1. The molecule has 2 aromatic rings. The number of hydrogen-bond donors (Lipinski definition) is 0. The topological polar surface area (TPSA) is 90.0 Å². The first-order valence-electron chi connectivity index (χ1n) is 8.38. The van der Waals surface area contributed by atoms with Gasteiger partial charge in [-0.05, 0) is 42.0 Å². The highest BCUT2D eigenvalue weighted by atomic mass is 35.5. The number of fused-ring (bicyclic) bond motifs is 1. The average Bonchev–Trinajstić information content (AvgIpc) is 3.13. The van der Waals surface area contributed by atoms with Gasteiger partial charge in [0.15, 0.2) is 12.4 Å². The number of benzene rings is 2. The SMILES string of the molecule is CN(C)S(=O)(=O)c1cc(C(=O)OCC(=O)c2ccc3c(c2)CCO3)ccc1Cl. The highest BCUT2D eigenvalue weighted by Gasteiger charge is 2.23. The van der Waals surface area contributed by atoms with Gasteiger partial charge in [0, 0.05) is 26.1 Å². The summed E-state index contributed by atoms with van der Waals surface area (Å²) in [5, 5.41) is -0.0123. The van der Waals surface area contributed by atoms with Gasteiger partial charge >= 0.3 is 5.97 Å². The minimum absolute atomic E-state index is 0.0123. The van der Waals surface area contributed by atoms with Crippen LogP contribution < -0.4 is 4.74 Å². The summed E-state index contributed by atoms with van der Waals surface area (Å²) in [6.45, 7) is 0.119. The number of ether oxygens (including phenoxy) is 2. The highest BCUT2D eigenvalue weighted by Crippen LogP contribution is 2.27. The maximum atomic E-state index is 12.3. The minimum Gasteiger partial charge on any atom is -0.493 e. The number of Topliss-reactive ketones (excluding diaryl/α,β-unsaturated/α-hetero) is 1. The third-order valence-electron chi connectivity index (χ3n) is 4.27. The quantitative estimate of drug-likeness (QED) is 0.524. The molecular formula is C19H18ClNO6S. The Kier molecular flexibility index (Phi) is 5.74. The summed E-state index contributed by atoms with van der Waals surface area (Å²) in [6.07, 6.45) is 0.726. The van der Waals surface area contributed by atoms with Crippen LogP contribution in [0, 0.1) is 0 Å². The zero-order valence-corrected chi connectivity index (χ0v) is 16.8. The predicted molar refractivity (Wildman–Crippen MR) is 103 cm³/mol. The van der Waals surface area contributed by atoms with Gasteiger partial charge in [-0.1, -0.05) is 11.6 Å². The maximum absolute atomic E-state index is 12.3. The first-order valence-corrected chi connectivity index (χ1v) is 10.2. The van der Waals surface area contributed by atoms with Crippen molar-refractivity contribution >= 4 is 33.4 Å². The summed E-state index contributed by atoms with van der Waals surface area (Å²) < 4.78 is 36.0. The van der Waals surface area contributed by atoms with E-state index in [-0.39, 0.29) is 21.3 Å². The molecule has 1 aliphatic rings. The van der Waals surface area contributed by atoms with E-state index in [4.69, 9.17) is 21.1 Å². The number of ketones is 1. The Hall–Kier alpha value is -2.42. The molecule has 148 valence electrons. The van der Waals surface area contributed by atoms with Crippen LogP contribution in [-0.2, 0) is 21.2 Å². The normalized spacial score (nSPS) is 13.1. The summed E-state index contributed by atoms with van der Waals surface area (Å²) in [6, 6.07) is 8.84. The zero-order chi connectivity index (χ0) is 20.5. The van der Waals surface area contributed by atoms with Crippen LogP contribution in [0.1, 0.15) is 26.3 Å². The van der Waals surface area contributed by atoms with E-state index < -0.39 is 22.6 Å². The standard InChI is InChI=1S/C19H18ClNO6S/c1-21(2)28(24,25)18-10-14(3-5-15(18)20)19(23)27-11-16(22)12-4-6-17-13(9-12)7-8-26-17/h3-6,9-10H,7-8,11H2,1-2H3. The van der Waals surface area contributed by atoms with E-state index in [1.807, 2.05) is 0 Å². The van der Waals surface area contributed by atoms with E-state index in [1.54, 1.807) is 18.2 Å². The van der Waals surface area contributed by atoms with Gasteiger partial charge in [0.25, 0.3) is 0 Å². The van der Waals surface area contributed by atoms with Gasteiger partial charge in [0.2, 0.25) is 10.0 Å². The van der Waals surface area contributed by atoms with E-state index in [0.717, 1.165) is 28.1 Å². The Bertz CT molecular complexity index is 1050. The van der Waals surface area contributed by atoms with Crippen molar-refractivity contribution in [1.82, 2.24) is 4.31 Å². The molecule has 0 fully saturated rings. The number of sulfonamides is 1. The molecule has 0 unspecified atom stereocenters. The molecule has 28 heavy (non-hydrogen) atoms. The zero-order valence-electron chi connectivity index (χ0n) is 15.3. The minimum atomic E-state index is -3.83. The van der Waals surface area contributed by atoms with Gasteiger partial charge < -0.3 is 9.47 Å². The molecule has 9 heteroatoms. The molecule has 0 aromatic heterocycles. The smallest absolute Gasteiger partial charge is 0.338 e. The second-order valence-electron chi connectivity index (χ2n) is 6.35. The third-order valence-corrected chi connectivity index (χ3v) is 6.57. The second-order valence-corrected chi connectivity index (χ2v) is 8.88. The molecule has 0 saturated heterocycles. The molecule has 1 aliphatic heterocycles. The lowest BCUT2D eigenvalue weighted by atomic mass is 10.1. The fourth-order valence-corrected chi connectivity index (χ4v) is 4.08. The van der Waals surface area contributed by atoms with Crippen LogP contribution in [-0.4, -0.2) is 51.8 Å². The van der Waals surface area contributed by atoms with E-state index >= 15 is 0 Å². The molecule has 2 aromatic carbocycles. The summed E-state index contributed by atoms with van der Waals surface area (Å²) in [5.74, 6) is -0.424. The fourth-order valence-electron chi connectivity index (χ4n) is 2.68. The summed E-state index contributed by atoms with van der Waals surface area (Å²) >= 11 is 5.96. The molecule has 7 nitrogen and oxygen atoms in total. The van der Waals surface area contributed by atoms with E-state index in [1.165, 1.54) is 26.2 Å². The van der Waals surface area contributed by atoms with Crippen molar-refractivity contribution in [2.45, 2.75) is 11.3 Å². The number of nitrogens with zero attached hydrogens (tertiary/aromatic N) is 1.